The third-order valence-corrected chi connectivity index (χ3v) is 4.96. The van der Waals surface area contributed by atoms with Gasteiger partial charge in [0, 0.05) is 0 Å². The number of aliphatic hydroxyl groups excluding tert-OH is 2. The third-order valence-electron chi connectivity index (χ3n) is 3.80. The summed E-state index contributed by atoms with van der Waals surface area (Å²) in [6.45, 7) is -1.19. The van der Waals surface area contributed by atoms with E-state index in [1.54, 1.807) is 0 Å². The number of nitrogens with two attached hydrogens (primary N) is 1. The van der Waals surface area contributed by atoms with Gasteiger partial charge in [0.25, 0.3) is 5.56 Å². The Balaban J connectivity index is 1.81. The molecule has 4 atom stereocenters. The summed E-state index contributed by atoms with van der Waals surface area (Å²) in [6, 6.07) is 0. The van der Waals surface area contributed by atoms with E-state index in [-0.39, 0.29) is 30.1 Å². The number of hydrogen-bond acceptors (Lipinski definition) is 13. The predicted molar refractivity (Wildman–Crippen MR) is 86.3 cm³/mol. The summed E-state index contributed by atoms with van der Waals surface area (Å²) in [5.74, 6) is -0.204. The fraction of sp³-hybridized carbons (Fsp3) is 0.417. The van der Waals surface area contributed by atoms with Crippen molar-refractivity contribution in [2.45, 2.75) is 24.5 Å². The largest absolute Gasteiger partial charge is 0.591 e. The van der Waals surface area contributed by atoms with Crippen LogP contribution in [0.1, 0.15) is 6.23 Å². The number of carbonyl (C=O) groups is 2. The van der Waals surface area contributed by atoms with Gasteiger partial charge in [-0.1, -0.05) is 0 Å². The standard InChI is InChI=1S/C12H14N5O10P/c13-12-15-9-6(10(22)16-12)14-2-17(9)11-8(21)7(20)5(27-11)1-24-28(23,25-3-18)26-4-19/h2-5,7-8,11,20-21H,1H2,(H3,13,15,16,22)/t5-,7-,8-,11-/m1/s1. The quantitative estimate of drug-likeness (QED) is 0.264. The first-order valence-electron chi connectivity index (χ1n) is 7.52. The summed E-state index contributed by atoms with van der Waals surface area (Å²) >= 11 is 0. The Hall–Kier alpha value is -2.84. The van der Waals surface area contributed by atoms with Gasteiger partial charge >= 0.3 is 20.8 Å². The van der Waals surface area contributed by atoms with Gasteiger partial charge in [-0.15, -0.1) is 0 Å². The highest BCUT2D eigenvalue weighted by Gasteiger charge is 2.46. The number of nitrogen functional groups attached to an aromatic ring is 1. The summed E-state index contributed by atoms with van der Waals surface area (Å²) in [5.41, 5.74) is 4.78. The summed E-state index contributed by atoms with van der Waals surface area (Å²) in [5, 5.41) is 20.4. The van der Waals surface area contributed by atoms with Crippen LogP contribution in [-0.4, -0.2) is 67.6 Å². The fourth-order valence-electron chi connectivity index (χ4n) is 2.58. The normalized spacial score (nSPS) is 24.9. The van der Waals surface area contributed by atoms with Crippen molar-refractivity contribution < 1.29 is 42.7 Å². The molecule has 0 aromatic carbocycles. The van der Waals surface area contributed by atoms with Crippen LogP contribution in [0, 0.1) is 0 Å². The Morgan fingerprint density at radius 1 is 1.32 bits per heavy atom. The monoisotopic (exact) mass is 419 g/mol. The zero-order valence-electron chi connectivity index (χ0n) is 13.8. The van der Waals surface area contributed by atoms with E-state index >= 15 is 0 Å². The van der Waals surface area contributed by atoms with Gasteiger partial charge in [-0.3, -0.25) is 28.5 Å². The Bertz CT molecular complexity index is 977. The number of imidazole rings is 1. The second-order valence-electron chi connectivity index (χ2n) is 5.47. The van der Waals surface area contributed by atoms with Gasteiger partial charge in [0.2, 0.25) is 5.95 Å². The average molecular weight is 419 g/mol. The zero-order valence-corrected chi connectivity index (χ0v) is 14.7. The summed E-state index contributed by atoms with van der Waals surface area (Å²) in [7, 11) is -4.55. The Labute approximate surface area is 154 Å². The lowest BCUT2D eigenvalue weighted by Gasteiger charge is -2.17. The molecule has 0 bridgehead atoms. The number of hydrogen-bond donors (Lipinski definition) is 4. The number of nitrogens with zero attached hydrogens (tertiary/aromatic N) is 3. The number of fused-ring (bicyclic) bond motifs is 1. The minimum absolute atomic E-state index is 0.0154. The molecule has 2 aromatic rings. The van der Waals surface area contributed by atoms with Crippen LogP contribution in [0.25, 0.3) is 11.2 Å². The number of aromatic nitrogens is 4. The third kappa shape index (κ3) is 3.61. The van der Waals surface area contributed by atoms with E-state index in [2.05, 4.69) is 24.0 Å². The summed E-state index contributed by atoms with van der Waals surface area (Å²) in [6.07, 6.45) is -4.49. The number of H-pyrrole nitrogens is 1. The molecule has 0 saturated carbocycles. The highest BCUT2D eigenvalue weighted by Crippen LogP contribution is 2.48. The SMILES string of the molecule is Nc1nc2c(ncn2[C@@H]2O[C@H](COP(=O)(OC=O)OC=O)[C@@H](O)[C@H]2O)c(=O)[nH]1. The lowest BCUT2D eigenvalue weighted by molar-refractivity contribution is -0.127. The molecule has 0 unspecified atom stereocenters. The molecule has 1 aliphatic rings. The van der Waals surface area contributed by atoms with Crippen molar-refractivity contribution in [3.8, 4) is 0 Å². The van der Waals surface area contributed by atoms with Crippen molar-refractivity contribution in [2.24, 2.45) is 0 Å². The molecule has 16 heteroatoms. The van der Waals surface area contributed by atoms with Crippen LogP contribution in [0.2, 0.25) is 0 Å². The van der Waals surface area contributed by atoms with Crippen molar-refractivity contribution >= 4 is 37.9 Å². The van der Waals surface area contributed by atoms with E-state index in [1.165, 1.54) is 0 Å². The number of nitrogens with one attached hydrogen (secondary N) is 1. The molecule has 5 N–H and O–H groups in total. The van der Waals surface area contributed by atoms with Crippen LogP contribution < -0.4 is 11.3 Å². The molecule has 0 amide bonds. The Morgan fingerprint density at radius 3 is 2.64 bits per heavy atom. The van der Waals surface area contributed by atoms with E-state index in [1.807, 2.05) is 0 Å². The number of ether oxygens (including phenoxy) is 1. The smallest absolute Gasteiger partial charge is 0.387 e. The van der Waals surface area contributed by atoms with Crippen LogP contribution in [0.3, 0.4) is 0 Å². The zero-order chi connectivity index (χ0) is 20.5. The lowest BCUT2D eigenvalue weighted by atomic mass is 10.1. The molecule has 3 rings (SSSR count). The molecule has 15 nitrogen and oxygen atoms in total. The lowest BCUT2D eigenvalue weighted by Crippen LogP contribution is -2.33. The van der Waals surface area contributed by atoms with E-state index in [0.29, 0.717) is 0 Å². The molecule has 1 fully saturated rings. The van der Waals surface area contributed by atoms with Gasteiger partial charge in [0.15, 0.2) is 17.4 Å². The highest BCUT2D eigenvalue weighted by molar-refractivity contribution is 7.49. The molecule has 0 spiro atoms. The van der Waals surface area contributed by atoms with Gasteiger partial charge in [-0.2, -0.15) is 4.98 Å². The van der Waals surface area contributed by atoms with Crippen molar-refractivity contribution in [2.75, 3.05) is 12.3 Å². The molecule has 0 aliphatic carbocycles. The fourth-order valence-corrected chi connectivity index (χ4v) is 3.29. The summed E-state index contributed by atoms with van der Waals surface area (Å²) in [4.78, 5) is 42.6. The first kappa shape index (κ1) is 19.9. The number of phosphoric acid groups is 1. The van der Waals surface area contributed by atoms with E-state index in [0.717, 1.165) is 10.9 Å². The molecule has 0 radical (unpaired) electrons. The topological polar surface area (TPSA) is 218 Å². The number of anilines is 1. The van der Waals surface area contributed by atoms with Gasteiger partial charge in [-0.05, 0) is 0 Å². The molecule has 1 saturated heterocycles. The summed E-state index contributed by atoms with van der Waals surface area (Å²) < 4.78 is 31.5. The van der Waals surface area contributed by atoms with Crippen molar-refractivity contribution in [3.05, 3.63) is 16.7 Å². The van der Waals surface area contributed by atoms with E-state index < -0.39 is 44.5 Å². The maximum Gasteiger partial charge on any atom is 0.591 e. The van der Waals surface area contributed by atoms with E-state index in [9.17, 15) is 29.2 Å². The van der Waals surface area contributed by atoms with Crippen LogP contribution >= 0.6 is 7.82 Å². The maximum atomic E-state index is 11.9. The maximum absolute atomic E-state index is 11.9. The first-order chi connectivity index (χ1) is 13.3. The van der Waals surface area contributed by atoms with Crippen molar-refractivity contribution in [3.63, 3.8) is 0 Å². The number of aromatic amines is 1. The second kappa shape index (κ2) is 7.65. The number of carbonyl (C=O) groups excluding carboxylic acids is 2. The number of aliphatic hydroxyl groups is 2. The Kier molecular flexibility index (Phi) is 5.44. The van der Waals surface area contributed by atoms with Gasteiger partial charge in [-0.25, -0.2) is 9.55 Å². The van der Waals surface area contributed by atoms with Crippen molar-refractivity contribution in [1.29, 1.82) is 0 Å². The number of phosphoric ester groups is 1. The molecule has 3 heterocycles. The minimum atomic E-state index is -4.55. The Morgan fingerprint density at radius 2 is 2.00 bits per heavy atom. The molecule has 2 aromatic heterocycles. The van der Waals surface area contributed by atoms with Crippen LogP contribution in [0.15, 0.2) is 11.1 Å². The second-order valence-corrected chi connectivity index (χ2v) is 7.04. The minimum Gasteiger partial charge on any atom is -0.387 e. The average Bonchev–Trinajstić information content (AvgIpc) is 3.16. The van der Waals surface area contributed by atoms with Gasteiger partial charge < -0.3 is 29.7 Å². The number of rotatable bonds is 8. The van der Waals surface area contributed by atoms with Crippen LogP contribution in [0.5, 0.6) is 0 Å². The molecule has 28 heavy (non-hydrogen) atoms. The first-order valence-corrected chi connectivity index (χ1v) is 8.98. The highest BCUT2D eigenvalue weighted by atomic mass is 31.2. The van der Waals surface area contributed by atoms with Gasteiger partial charge in [0.1, 0.15) is 18.3 Å². The van der Waals surface area contributed by atoms with Crippen LogP contribution in [0.4, 0.5) is 5.95 Å². The molecule has 1 aliphatic heterocycles. The molecular formula is C12H14N5O10P. The van der Waals surface area contributed by atoms with E-state index in [4.69, 9.17) is 15.0 Å². The van der Waals surface area contributed by atoms with Crippen LogP contribution in [-0.2, 0) is 32.5 Å². The molecule has 152 valence electrons. The van der Waals surface area contributed by atoms with Crippen molar-refractivity contribution in [1.82, 2.24) is 19.5 Å². The predicted octanol–water partition coefficient (Wildman–Crippen LogP) is -2.21. The van der Waals surface area contributed by atoms with Gasteiger partial charge in [0.05, 0.1) is 12.9 Å². The molecular weight excluding hydrogens is 405 g/mol.